The predicted molar refractivity (Wildman–Crippen MR) is 147 cm³/mol. The van der Waals surface area contributed by atoms with Crippen molar-refractivity contribution < 1.29 is 0 Å². The van der Waals surface area contributed by atoms with Gasteiger partial charge in [-0.3, -0.25) is 0 Å². The molecule has 0 fully saturated rings. The highest BCUT2D eigenvalue weighted by molar-refractivity contribution is 6.09. The topological polar surface area (TPSA) is 4.93 Å². The minimum atomic E-state index is 0.0504. The van der Waals surface area contributed by atoms with E-state index in [1.165, 1.54) is 57.0 Å². The Morgan fingerprint density at radius 2 is 1.26 bits per heavy atom. The second-order valence-electron chi connectivity index (χ2n) is 9.51. The van der Waals surface area contributed by atoms with Gasteiger partial charge in [-0.1, -0.05) is 93.9 Å². The Bertz CT molecular complexity index is 1390. The highest BCUT2D eigenvalue weighted by atomic mass is 15.0. The quantitative estimate of drug-likeness (QED) is 0.224. The molecule has 0 saturated carbocycles. The molecule has 1 heteroatoms. The lowest BCUT2D eigenvalue weighted by molar-refractivity contribution is 0.478. The molecular formula is C33H35N. The van der Waals surface area contributed by atoms with Crippen LogP contribution in [-0.4, -0.2) is 4.57 Å². The molecule has 34 heavy (non-hydrogen) atoms. The van der Waals surface area contributed by atoms with Crippen molar-refractivity contribution in [3.63, 3.8) is 0 Å². The van der Waals surface area contributed by atoms with Crippen molar-refractivity contribution in [3.05, 3.63) is 114 Å². The van der Waals surface area contributed by atoms with Crippen molar-refractivity contribution in [3.8, 4) is 5.69 Å². The van der Waals surface area contributed by atoms with Crippen molar-refractivity contribution in [2.24, 2.45) is 0 Å². The fourth-order valence-corrected chi connectivity index (χ4v) is 5.75. The first-order valence-electron chi connectivity index (χ1n) is 12.9. The maximum Gasteiger partial charge on any atom is 0.0541 e. The highest BCUT2D eigenvalue weighted by Crippen LogP contribution is 2.40. The van der Waals surface area contributed by atoms with Gasteiger partial charge in [-0.15, -0.1) is 0 Å². The smallest absolute Gasteiger partial charge is 0.0541 e. The second-order valence-corrected chi connectivity index (χ2v) is 9.51. The van der Waals surface area contributed by atoms with E-state index in [1.54, 1.807) is 0 Å². The van der Waals surface area contributed by atoms with E-state index in [2.05, 4.69) is 122 Å². The SMILES string of the molecule is CCCCc1ccc2c(c1)c1ccccc1n2-c1ccc(C(CC)(CC)c2ccccc2)cc1. The van der Waals surface area contributed by atoms with Crippen LogP contribution in [0.15, 0.2) is 97.1 Å². The molecule has 0 bridgehead atoms. The summed E-state index contributed by atoms with van der Waals surface area (Å²) in [7, 11) is 0. The van der Waals surface area contributed by atoms with Crippen LogP contribution in [0, 0.1) is 0 Å². The number of hydrogen-bond donors (Lipinski definition) is 0. The standard InChI is InChI=1S/C33H35N/c1-4-7-13-25-18-23-32-30(24-25)29-16-11-12-17-31(29)34(32)28-21-19-27(20-22-28)33(5-2,6-3)26-14-9-8-10-15-26/h8-12,14-24H,4-7,13H2,1-3H3. The molecule has 5 rings (SSSR count). The molecule has 0 atom stereocenters. The lowest BCUT2D eigenvalue weighted by Gasteiger charge is -2.33. The van der Waals surface area contributed by atoms with Crippen LogP contribution in [0.1, 0.15) is 63.1 Å². The number of rotatable bonds is 8. The highest BCUT2D eigenvalue weighted by Gasteiger charge is 2.30. The molecular weight excluding hydrogens is 410 g/mol. The summed E-state index contributed by atoms with van der Waals surface area (Å²) < 4.78 is 2.43. The average molecular weight is 446 g/mol. The number of para-hydroxylation sites is 1. The summed E-state index contributed by atoms with van der Waals surface area (Å²) >= 11 is 0. The first-order valence-corrected chi connectivity index (χ1v) is 12.9. The van der Waals surface area contributed by atoms with Gasteiger partial charge in [0.1, 0.15) is 0 Å². The molecule has 0 radical (unpaired) electrons. The molecule has 0 unspecified atom stereocenters. The zero-order valence-corrected chi connectivity index (χ0v) is 20.7. The number of unbranched alkanes of at least 4 members (excludes halogenated alkanes) is 1. The zero-order valence-electron chi connectivity index (χ0n) is 20.7. The summed E-state index contributed by atoms with van der Waals surface area (Å²) in [6.07, 6.45) is 5.79. The van der Waals surface area contributed by atoms with Gasteiger partial charge in [0.25, 0.3) is 0 Å². The van der Waals surface area contributed by atoms with E-state index in [0.29, 0.717) is 0 Å². The Balaban J connectivity index is 1.63. The average Bonchev–Trinajstić information content (AvgIpc) is 3.23. The monoisotopic (exact) mass is 445 g/mol. The van der Waals surface area contributed by atoms with Gasteiger partial charge in [0.2, 0.25) is 0 Å². The molecule has 0 aliphatic carbocycles. The van der Waals surface area contributed by atoms with E-state index in [1.807, 2.05) is 0 Å². The normalized spacial score (nSPS) is 12.0. The van der Waals surface area contributed by atoms with Gasteiger partial charge in [0, 0.05) is 21.9 Å². The number of hydrogen-bond acceptors (Lipinski definition) is 0. The summed E-state index contributed by atoms with van der Waals surface area (Å²) in [5, 5.41) is 2.69. The van der Waals surface area contributed by atoms with Crippen LogP contribution in [0.5, 0.6) is 0 Å². The fraction of sp³-hybridized carbons (Fsp3) is 0.273. The van der Waals surface area contributed by atoms with E-state index in [9.17, 15) is 0 Å². The summed E-state index contributed by atoms with van der Waals surface area (Å²) in [5.41, 5.74) is 8.08. The van der Waals surface area contributed by atoms with Crippen molar-refractivity contribution in [1.29, 1.82) is 0 Å². The van der Waals surface area contributed by atoms with Gasteiger partial charge in [0.15, 0.2) is 0 Å². The second kappa shape index (κ2) is 9.50. The van der Waals surface area contributed by atoms with Crippen molar-refractivity contribution >= 4 is 21.8 Å². The Hall–Kier alpha value is -3.32. The van der Waals surface area contributed by atoms with E-state index in [0.717, 1.165) is 19.3 Å². The third kappa shape index (κ3) is 3.74. The Kier molecular flexibility index (Phi) is 6.28. The van der Waals surface area contributed by atoms with E-state index < -0.39 is 0 Å². The minimum absolute atomic E-state index is 0.0504. The van der Waals surface area contributed by atoms with Crippen LogP contribution < -0.4 is 0 Å². The molecule has 0 spiro atoms. The summed E-state index contributed by atoms with van der Waals surface area (Å²) in [6, 6.07) is 36.2. The van der Waals surface area contributed by atoms with Gasteiger partial charge in [-0.25, -0.2) is 0 Å². The molecule has 4 aromatic carbocycles. The Morgan fingerprint density at radius 1 is 0.618 bits per heavy atom. The molecule has 0 aliphatic rings. The van der Waals surface area contributed by atoms with Gasteiger partial charge in [0.05, 0.1) is 11.0 Å². The minimum Gasteiger partial charge on any atom is -0.309 e. The molecule has 1 nitrogen and oxygen atoms in total. The summed E-state index contributed by atoms with van der Waals surface area (Å²) in [4.78, 5) is 0. The van der Waals surface area contributed by atoms with Crippen molar-refractivity contribution in [2.45, 2.75) is 58.3 Å². The molecule has 0 aliphatic heterocycles. The first kappa shape index (κ1) is 22.5. The maximum absolute atomic E-state index is 2.43. The van der Waals surface area contributed by atoms with E-state index in [-0.39, 0.29) is 5.41 Å². The van der Waals surface area contributed by atoms with Gasteiger partial charge >= 0.3 is 0 Å². The van der Waals surface area contributed by atoms with Crippen LogP contribution in [-0.2, 0) is 11.8 Å². The lowest BCUT2D eigenvalue weighted by atomic mass is 9.70. The predicted octanol–water partition coefficient (Wildman–Crippen LogP) is 9.23. The van der Waals surface area contributed by atoms with Crippen LogP contribution in [0.25, 0.3) is 27.5 Å². The molecule has 0 N–H and O–H groups in total. The molecule has 1 aromatic heterocycles. The number of nitrogens with zero attached hydrogens (tertiary/aromatic N) is 1. The van der Waals surface area contributed by atoms with Gasteiger partial charge in [-0.05, 0) is 72.7 Å². The number of fused-ring (bicyclic) bond motifs is 3. The molecule has 0 amide bonds. The van der Waals surface area contributed by atoms with Crippen molar-refractivity contribution in [2.75, 3.05) is 0 Å². The fourth-order valence-electron chi connectivity index (χ4n) is 5.75. The molecule has 0 saturated heterocycles. The molecule has 1 heterocycles. The molecule has 172 valence electrons. The lowest BCUT2D eigenvalue weighted by Crippen LogP contribution is -2.26. The number of aromatic nitrogens is 1. The van der Waals surface area contributed by atoms with Crippen LogP contribution in [0.2, 0.25) is 0 Å². The van der Waals surface area contributed by atoms with Crippen LogP contribution >= 0.6 is 0 Å². The Morgan fingerprint density at radius 3 is 1.97 bits per heavy atom. The van der Waals surface area contributed by atoms with Crippen molar-refractivity contribution in [1.82, 2.24) is 4.57 Å². The van der Waals surface area contributed by atoms with E-state index >= 15 is 0 Å². The van der Waals surface area contributed by atoms with Crippen LogP contribution in [0.4, 0.5) is 0 Å². The number of benzene rings is 4. The maximum atomic E-state index is 2.43. The molecule has 5 aromatic rings. The van der Waals surface area contributed by atoms with E-state index in [4.69, 9.17) is 0 Å². The van der Waals surface area contributed by atoms with Gasteiger partial charge in [-0.2, -0.15) is 0 Å². The largest absolute Gasteiger partial charge is 0.309 e. The zero-order chi connectivity index (χ0) is 23.5. The third-order valence-corrected chi connectivity index (χ3v) is 7.77. The summed E-state index contributed by atoms with van der Waals surface area (Å²) in [6.45, 7) is 6.89. The Labute approximate surface area is 204 Å². The first-order chi connectivity index (χ1) is 16.7. The summed E-state index contributed by atoms with van der Waals surface area (Å²) in [5.74, 6) is 0. The third-order valence-electron chi connectivity index (χ3n) is 7.77. The van der Waals surface area contributed by atoms with Gasteiger partial charge < -0.3 is 4.57 Å². The van der Waals surface area contributed by atoms with Crippen LogP contribution in [0.3, 0.4) is 0 Å². The number of aryl methyl sites for hydroxylation is 1.